The zero-order valence-electron chi connectivity index (χ0n) is 18.8. The molecule has 0 bridgehead atoms. The van der Waals surface area contributed by atoms with Crippen molar-refractivity contribution in [1.82, 2.24) is 10.2 Å². The highest BCUT2D eigenvalue weighted by Gasteiger charge is 2.34. The highest BCUT2D eigenvalue weighted by Crippen LogP contribution is 2.44. The van der Waals surface area contributed by atoms with E-state index in [1.54, 1.807) is 6.92 Å². The Labute approximate surface area is 193 Å². The number of fused-ring (bicyclic) bond motifs is 3. The zero-order valence-corrected chi connectivity index (χ0v) is 18.8. The summed E-state index contributed by atoms with van der Waals surface area (Å²) in [6, 6.07) is 14.4. The molecule has 2 amide bonds. The summed E-state index contributed by atoms with van der Waals surface area (Å²) in [5.41, 5.74) is 4.51. The highest BCUT2D eigenvalue weighted by atomic mass is 16.5. The van der Waals surface area contributed by atoms with Crippen molar-refractivity contribution in [1.29, 1.82) is 0 Å². The fourth-order valence-corrected chi connectivity index (χ4v) is 4.93. The van der Waals surface area contributed by atoms with E-state index in [2.05, 4.69) is 17.4 Å². The number of benzene rings is 2. The van der Waals surface area contributed by atoms with Gasteiger partial charge in [0.25, 0.3) is 0 Å². The second kappa shape index (κ2) is 10.1. The second-order valence-electron chi connectivity index (χ2n) is 8.78. The number of hydrogen-bond acceptors (Lipinski definition) is 4. The molecule has 174 valence electrons. The molecule has 1 aliphatic heterocycles. The summed E-state index contributed by atoms with van der Waals surface area (Å²) in [4.78, 5) is 38.7. The van der Waals surface area contributed by atoms with Crippen LogP contribution in [-0.4, -0.2) is 53.2 Å². The van der Waals surface area contributed by atoms with Gasteiger partial charge in [0.15, 0.2) is 0 Å². The molecule has 0 aromatic heterocycles. The van der Waals surface area contributed by atoms with Crippen molar-refractivity contribution in [3.63, 3.8) is 0 Å². The number of carbonyl (C=O) groups excluding carboxylic acids is 2. The first kappa shape index (κ1) is 22.8. The summed E-state index contributed by atoms with van der Waals surface area (Å²) in [6.45, 7) is 2.11. The summed E-state index contributed by atoms with van der Waals surface area (Å²) in [6.07, 6.45) is 3.21. The minimum Gasteiger partial charge on any atom is -0.480 e. The number of likely N-dealkylation sites (tertiary alicyclic amines) is 1. The van der Waals surface area contributed by atoms with Crippen LogP contribution in [0.5, 0.6) is 0 Å². The number of carboxylic acid groups (broad SMARTS) is 1. The van der Waals surface area contributed by atoms with E-state index in [0.29, 0.717) is 13.0 Å². The summed E-state index contributed by atoms with van der Waals surface area (Å²) in [5, 5.41) is 12.2. The van der Waals surface area contributed by atoms with Gasteiger partial charge >= 0.3 is 12.1 Å². The van der Waals surface area contributed by atoms with Crippen LogP contribution < -0.4 is 5.32 Å². The van der Waals surface area contributed by atoms with Crippen LogP contribution in [-0.2, 0) is 14.3 Å². The number of carbonyl (C=O) groups is 3. The van der Waals surface area contributed by atoms with Gasteiger partial charge in [0.2, 0.25) is 5.91 Å². The predicted octanol–water partition coefficient (Wildman–Crippen LogP) is 4.16. The molecule has 4 rings (SSSR count). The lowest BCUT2D eigenvalue weighted by molar-refractivity contribution is -0.151. The van der Waals surface area contributed by atoms with Crippen molar-refractivity contribution in [3.05, 3.63) is 59.7 Å². The number of rotatable bonds is 5. The molecule has 0 saturated carbocycles. The Morgan fingerprint density at radius 2 is 1.61 bits per heavy atom. The van der Waals surface area contributed by atoms with Gasteiger partial charge in [-0.1, -0.05) is 67.8 Å². The van der Waals surface area contributed by atoms with Gasteiger partial charge in [-0.2, -0.15) is 0 Å². The minimum absolute atomic E-state index is 0.0695. The largest absolute Gasteiger partial charge is 0.480 e. The van der Waals surface area contributed by atoms with Gasteiger partial charge in [0, 0.05) is 12.5 Å². The van der Waals surface area contributed by atoms with Crippen LogP contribution >= 0.6 is 0 Å². The van der Waals surface area contributed by atoms with Crippen LogP contribution in [0.3, 0.4) is 0 Å². The van der Waals surface area contributed by atoms with E-state index in [-0.39, 0.29) is 12.5 Å². The molecule has 7 heteroatoms. The number of hydrogen-bond donors (Lipinski definition) is 2. The van der Waals surface area contributed by atoms with E-state index in [4.69, 9.17) is 4.74 Å². The van der Waals surface area contributed by atoms with Gasteiger partial charge in [0.1, 0.15) is 18.7 Å². The average molecular weight is 451 g/mol. The van der Waals surface area contributed by atoms with Gasteiger partial charge in [0.05, 0.1) is 0 Å². The molecule has 1 heterocycles. The molecular formula is C26H30N2O5. The van der Waals surface area contributed by atoms with Crippen LogP contribution in [0, 0.1) is 0 Å². The molecule has 7 nitrogen and oxygen atoms in total. The number of aliphatic carboxylic acids is 1. The number of ether oxygens (including phenoxy) is 1. The molecule has 2 aromatic carbocycles. The van der Waals surface area contributed by atoms with Gasteiger partial charge in [-0.3, -0.25) is 4.79 Å². The fourth-order valence-electron chi connectivity index (χ4n) is 4.93. The topological polar surface area (TPSA) is 95.9 Å². The Kier molecular flexibility index (Phi) is 6.96. The molecule has 1 fully saturated rings. The maximum absolute atomic E-state index is 13.0. The van der Waals surface area contributed by atoms with Crippen molar-refractivity contribution in [3.8, 4) is 11.1 Å². The normalized spacial score (nSPS) is 18.9. The van der Waals surface area contributed by atoms with Gasteiger partial charge in [-0.15, -0.1) is 0 Å². The molecule has 1 aliphatic carbocycles. The van der Waals surface area contributed by atoms with E-state index in [9.17, 15) is 19.5 Å². The van der Waals surface area contributed by atoms with Crippen LogP contribution in [0.15, 0.2) is 48.5 Å². The Morgan fingerprint density at radius 3 is 2.24 bits per heavy atom. The Balaban J connectivity index is 1.39. The maximum atomic E-state index is 13.0. The monoisotopic (exact) mass is 450 g/mol. The Hall–Kier alpha value is -3.35. The summed E-state index contributed by atoms with van der Waals surface area (Å²) in [5.74, 6) is -1.46. The lowest BCUT2D eigenvalue weighted by Gasteiger charge is -2.32. The predicted molar refractivity (Wildman–Crippen MR) is 124 cm³/mol. The molecule has 2 atom stereocenters. The third kappa shape index (κ3) is 4.87. The minimum atomic E-state index is -1.00. The summed E-state index contributed by atoms with van der Waals surface area (Å²) >= 11 is 0. The van der Waals surface area contributed by atoms with E-state index in [1.165, 1.54) is 4.90 Å². The molecule has 2 aromatic rings. The lowest BCUT2D eigenvalue weighted by atomic mass is 9.98. The van der Waals surface area contributed by atoms with Crippen molar-refractivity contribution >= 4 is 18.0 Å². The molecule has 0 spiro atoms. The molecule has 2 N–H and O–H groups in total. The summed E-state index contributed by atoms with van der Waals surface area (Å²) in [7, 11) is 0. The van der Waals surface area contributed by atoms with Crippen molar-refractivity contribution < 1.29 is 24.2 Å². The van der Waals surface area contributed by atoms with Gasteiger partial charge in [-0.25, -0.2) is 9.59 Å². The molecule has 33 heavy (non-hydrogen) atoms. The average Bonchev–Trinajstić information content (AvgIpc) is 3.11. The fraction of sp³-hybridized carbons (Fsp3) is 0.423. The van der Waals surface area contributed by atoms with Crippen molar-refractivity contribution in [2.75, 3.05) is 13.2 Å². The van der Waals surface area contributed by atoms with E-state index in [1.807, 2.05) is 36.4 Å². The molecule has 2 aliphatic rings. The van der Waals surface area contributed by atoms with Gasteiger partial charge in [-0.05, 0) is 42.0 Å². The molecule has 1 unspecified atom stereocenters. The van der Waals surface area contributed by atoms with Crippen LogP contribution in [0.2, 0.25) is 0 Å². The maximum Gasteiger partial charge on any atom is 0.407 e. The first-order valence-electron chi connectivity index (χ1n) is 11.6. The van der Waals surface area contributed by atoms with Gasteiger partial charge < -0.3 is 20.1 Å². The first-order chi connectivity index (χ1) is 16.0. The number of alkyl carbamates (subject to hydrolysis) is 1. The van der Waals surface area contributed by atoms with Crippen molar-refractivity contribution in [2.45, 2.75) is 57.0 Å². The van der Waals surface area contributed by atoms with Crippen molar-refractivity contribution in [2.24, 2.45) is 0 Å². The quantitative estimate of drug-likeness (QED) is 0.713. The van der Waals surface area contributed by atoms with E-state index >= 15 is 0 Å². The third-order valence-electron chi connectivity index (χ3n) is 6.62. The first-order valence-corrected chi connectivity index (χ1v) is 11.6. The number of nitrogens with zero attached hydrogens (tertiary/aromatic N) is 1. The molecule has 1 saturated heterocycles. The van der Waals surface area contributed by atoms with Crippen LogP contribution in [0.1, 0.15) is 56.1 Å². The second-order valence-corrected chi connectivity index (χ2v) is 8.78. The third-order valence-corrected chi connectivity index (χ3v) is 6.62. The number of amides is 2. The van der Waals surface area contributed by atoms with E-state index in [0.717, 1.165) is 47.9 Å². The molecular weight excluding hydrogens is 420 g/mol. The highest BCUT2D eigenvalue weighted by molar-refractivity contribution is 5.89. The van der Waals surface area contributed by atoms with E-state index < -0.39 is 30.1 Å². The Morgan fingerprint density at radius 1 is 1.00 bits per heavy atom. The smallest absolute Gasteiger partial charge is 0.407 e. The molecule has 0 radical (unpaired) electrons. The lowest BCUT2D eigenvalue weighted by Crippen LogP contribution is -2.53. The Bertz CT molecular complexity index is 991. The summed E-state index contributed by atoms with van der Waals surface area (Å²) < 4.78 is 5.53. The standard InChI is InChI=1S/C26H30N2O5/c1-17(24(29)28-15-9-3-2-4-14-23(28)25(30)31)27-26(32)33-16-22-20-12-7-5-10-18(20)19-11-6-8-13-21(19)22/h5-8,10-13,17,22-23H,2-4,9,14-16H2,1H3,(H,27,32)(H,30,31)/t17-,23?/m1/s1. The van der Waals surface area contributed by atoms with Crippen LogP contribution in [0.25, 0.3) is 11.1 Å². The SMILES string of the molecule is C[C@@H](NC(=O)OCC1c2ccccc2-c2ccccc21)C(=O)N1CCCCCCC1C(=O)O. The zero-order chi connectivity index (χ0) is 23.4. The number of nitrogens with one attached hydrogen (secondary N) is 1. The van der Waals surface area contributed by atoms with Crippen LogP contribution in [0.4, 0.5) is 4.79 Å². The number of carboxylic acids is 1.